The molecular weight excluding hydrogens is 498 g/mol. The predicted molar refractivity (Wildman–Crippen MR) is 131 cm³/mol. The molecule has 0 aliphatic heterocycles. The fourth-order valence-corrected chi connectivity index (χ4v) is 10.3. The van der Waals surface area contributed by atoms with Crippen molar-refractivity contribution in [2.24, 2.45) is 0 Å². The van der Waals surface area contributed by atoms with Crippen LogP contribution < -0.4 is 20.4 Å². The fourth-order valence-electron chi connectivity index (χ4n) is 3.27. The van der Waals surface area contributed by atoms with Crippen molar-refractivity contribution in [3.8, 4) is 0 Å². The topological polar surface area (TPSA) is 52.0 Å². The van der Waals surface area contributed by atoms with Gasteiger partial charge in [0.05, 0.1) is 0 Å². The zero-order valence-electron chi connectivity index (χ0n) is 16.6. The Morgan fingerprint density at radius 2 is 0.867 bits per heavy atom. The number of benzene rings is 4. The van der Waals surface area contributed by atoms with Gasteiger partial charge in [0.15, 0.2) is 0 Å². The SMILES string of the molecule is Nc1ccc(Cc2ccccc2)cc1[Se][Se]c1cc(Cc2ccccc2)ccc1N. The van der Waals surface area contributed by atoms with Gasteiger partial charge in [-0.05, 0) is 0 Å². The van der Waals surface area contributed by atoms with E-state index in [0.717, 1.165) is 24.2 Å². The number of rotatable bonds is 7. The zero-order chi connectivity index (χ0) is 20.8. The molecule has 150 valence electrons. The first kappa shape index (κ1) is 20.8. The van der Waals surface area contributed by atoms with E-state index in [4.69, 9.17) is 11.5 Å². The van der Waals surface area contributed by atoms with E-state index in [1.54, 1.807) is 0 Å². The number of hydrogen-bond acceptors (Lipinski definition) is 2. The molecule has 4 aromatic carbocycles. The molecule has 0 fully saturated rings. The Morgan fingerprint density at radius 3 is 1.27 bits per heavy atom. The van der Waals surface area contributed by atoms with Gasteiger partial charge in [0.2, 0.25) is 0 Å². The summed E-state index contributed by atoms with van der Waals surface area (Å²) in [4.78, 5) is 0. The summed E-state index contributed by atoms with van der Waals surface area (Å²) in [5, 5.41) is 0. The Morgan fingerprint density at radius 1 is 0.467 bits per heavy atom. The van der Waals surface area contributed by atoms with Crippen LogP contribution >= 0.6 is 0 Å². The van der Waals surface area contributed by atoms with Crippen LogP contribution in [-0.4, -0.2) is 26.3 Å². The molecule has 0 radical (unpaired) electrons. The summed E-state index contributed by atoms with van der Waals surface area (Å²) in [5.41, 5.74) is 19.7. The summed E-state index contributed by atoms with van der Waals surface area (Å²) in [6.07, 6.45) is 1.87. The van der Waals surface area contributed by atoms with E-state index < -0.39 is 0 Å². The molecule has 4 rings (SSSR count). The molecule has 0 saturated carbocycles. The van der Waals surface area contributed by atoms with Crippen LogP contribution in [0.25, 0.3) is 0 Å². The first-order valence-electron chi connectivity index (χ1n) is 9.86. The van der Waals surface area contributed by atoms with E-state index in [9.17, 15) is 0 Å². The van der Waals surface area contributed by atoms with Gasteiger partial charge < -0.3 is 0 Å². The maximum atomic E-state index is 6.31. The van der Waals surface area contributed by atoms with Gasteiger partial charge in [-0.1, -0.05) is 0 Å². The number of nitrogen functional groups attached to an aromatic ring is 2. The minimum absolute atomic E-state index is 0.295. The molecule has 0 saturated heterocycles. The first-order valence-corrected chi connectivity index (χ1v) is 15.9. The van der Waals surface area contributed by atoms with Crippen molar-refractivity contribution in [1.82, 2.24) is 0 Å². The Balaban J connectivity index is 1.47. The Bertz CT molecular complexity index is 1020. The van der Waals surface area contributed by atoms with Crippen LogP contribution in [0.4, 0.5) is 11.4 Å². The van der Waals surface area contributed by atoms with Crippen molar-refractivity contribution in [3.63, 3.8) is 0 Å². The van der Waals surface area contributed by atoms with Crippen LogP contribution in [0, 0.1) is 0 Å². The van der Waals surface area contributed by atoms with Gasteiger partial charge in [-0.15, -0.1) is 0 Å². The summed E-state index contributed by atoms with van der Waals surface area (Å²) in [6.45, 7) is 0. The molecule has 0 aromatic heterocycles. The van der Waals surface area contributed by atoms with Crippen LogP contribution in [0.5, 0.6) is 0 Å². The van der Waals surface area contributed by atoms with Crippen LogP contribution in [0.2, 0.25) is 0 Å². The number of anilines is 2. The van der Waals surface area contributed by atoms with E-state index in [1.165, 1.54) is 31.2 Å². The van der Waals surface area contributed by atoms with Crippen molar-refractivity contribution in [2.45, 2.75) is 12.8 Å². The van der Waals surface area contributed by atoms with Gasteiger partial charge in [0.1, 0.15) is 0 Å². The molecule has 4 N–H and O–H groups in total. The first-order chi connectivity index (χ1) is 14.7. The third-order valence-electron chi connectivity index (χ3n) is 4.88. The van der Waals surface area contributed by atoms with Crippen LogP contribution in [-0.2, 0) is 12.8 Å². The average Bonchev–Trinajstić information content (AvgIpc) is 2.77. The molecular formula is C26H24N2Se2. The van der Waals surface area contributed by atoms with Crippen molar-refractivity contribution in [3.05, 3.63) is 119 Å². The molecule has 4 heteroatoms. The quantitative estimate of drug-likeness (QED) is 0.289. The fraction of sp³-hybridized carbons (Fsp3) is 0.0769. The van der Waals surface area contributed by atoms with E-state index in [-0.39, 0.29) is 0 Å². The standard InChI is InChI=1S/C26H24N2Se2/c27-23-13-11-21(15-19-7-3-1-4-8-19)17-25(23)29-30-26-18-22(12-14-24(26)28)16-20-9-5-2-6-10-20/h1-14,17-18H,15-16,27-28H2. The molecule has 0 bridgehead atoms. The van der Waals surface area contributed by atoms with Crippen molar-refractivity contribution in [1.29, 1.82) is 0 Å². The van der Waals surface area contributed by atoms with E-state index in [2.05, 4.69) is 97.1 Å². The summed E-state index contributed by atoms with van der Waals surface area (Å²) in [5.74, 6) is 0. The van der Waals surface area contributed by atoms with Gasteiger partial charge in [-0.25, -0.2) is 0 Å². The molecule has 2 nitrogen and oxygen atoms in total. The van der Waals surface area contributed by atoms with Gasteiger partial charge >= 0.3 is 190 Å². The molecule has 0 aliphatic carbocycles. The Kier molecular flexibility index (Phi) is 6.94. The minimum atomic E-state index is 0.295. The summed E-state index contributed by atoms with van der Waals surface area (Å²) in [6, 6.07) is 34.1. The van der Waals surface area contributed by atoms with Gasteiger partial charge in [0.25, 0.3) is 0 Å². The molecule has 0 atom stereocenters. The Labute approximate surface area is 189 Å². The maximum absolute atomic E-state index is 6.31. The second kappa shape index (κ2) is 10.0. The molecule has 0 unspecified atom stereocenters. The van der Waals surface area contributed by atoms with E-state index in [1.807, 2.05) is 0 Å². The van der Waals surface area contributed by atoms with Gasteiger partial charge in [0, 0.05) is 0 Å². The monoisotopic (exact) mass is 524 g/mol. The molecule has 0 amide bonds. The molecule has 0 aliphatic rings. The Hall–Kier alpha value is -2.48. The molecule has 0 spiro atoms. The number of hydrogen-bond donors (Lipinski definition) is 2. The summed E-state index contributed by atoms with van der Waals surface area (Å²) in [7, 11) is 0. The molecule has 0 heterocycles. The van der Waals surface area contributed by atoms with Crippen molar-refractivity contribution < 1.29 is 0 Å². The average molecular weight is 522 g/mol. The second-order valence-corrected chi connectivity index (χ2v) is 13.4. The summed E-state index contributed by atoms with van der Waals surface area (Å²) >= 11 is 0.590. The van der Waals surface area contributed by atoms with E-state index in [0.29, 0.717) is 26.3 Å². The molecule has 30 heavy (non-hydrogen) atoms. The van der Waals surface area contributed by atoms with Crippen LogP contribution in [0.3, 0.4) is 0 Å². The van der Waals surface area contributed by atoms with Crippen LogP contribution in [0.15, 0.2) is 97.1 Å². The molecule has 4 aromatic rings. The van der Waals surface area contributed by atoms with Gasteiger partial charge in [-0.3, -0.25) is 0 Å². The van der Waals surface area contributed by atoms with Crippen molar-refractivity contribution >= 4 is 46.6 Å². The second-order valence-electron chi connectivity index (χ2n) is 7.24. The summed E-state index contributed by atoms with van der Waals surface area (Å²) < 4.78 is 2.56. The normalized spacial score (nSPS) is 10.8. The predicted octanol–water partition coefficient (Wildman–Crippen LogP) is 3.31. The van der Waals surface area contributed by atoms with Crippen molar-refractivity contribution in [2.75, 3.05) is 11.5 Å². The zero-order valence-corrected chi connectivity index (χ0v) is 20.0. The van der Waals surface area contributed by atoms with E-state index >= 15 is 0 Å². The number of nitrogens with two attached hydrogens (primary N) is 2. The van der Waals surface area contributed by atoms with Gasteiger partial charge in [-0.2, -0.15) is 0 Å². The van der Waals surface area contributed by atoms with Crippen LogP contribution in [0.1, 0.15) is 22.3 Å². The third-order valence-corrected chi connectivity index (χ3v) is 12.1. The third kappa shape index (κ3) is 5.56.